The monoisotopic (exact) mass is 156 g/mol. The van der Waals surface area contributed by atoms with Crippen LogP contribution in [0.25, 0.3) is 0 Å². The lowest BCUT2D eigenvalue weighted by Crippen LogP contribution is -2.07. The van der Waals surface area contributed by atoms with Gasteiger partial charge in [-0.15, -0.1) is 0 Å². The number of carbonyl (C=O) groups excluding carboxylic acids is 1. The van der Waals surface area contributed by atoms with E-state index in [2.05, 4.69) is 4.74 Å². The number of hydrogen-bond donors (Lipinski definition) is 0. The summed E-state index contributed by atoms with van der Waals surface area (Å²) in [4.78, 5) is 10.9. The van der Waals surface area contributed by atoms with Gasteiger partial charge in [0, 0.05) is 5.57 Å². The first-order valence-electron chi connectivity index (χ1n) is 3.49. The molecule has 1 aliphatic rings. The summed E-state index contributed by atoms with van der Waals surface area (Å²) in [5.74, 6) is -0.290. The molecule has 3 heteroatoms. The lowest BCUT2D eigenvalue weighted by Gasteiger charge is -2.00. The van der Waals surface area contributed by atoms with Crippen LogP contribution in [0.2, 0.25) is 0 Å². The van der Waals surface area contributed by atoms with Crippen LogP contribution in [0.4, 0.5) is 0 Å². The largest absolute Gasteiger partial charge is 0.466 e. The Balaban J connectivity index is 2.58. The summed E-state index contributed by atoms with van der Waals surface area (Å²) in [5.41, 5.74) is 0.394. The van der Waals surface area contributed by atoms with Gasteiger partial charge in [-0.3, -0.25) is 0 Å². The third-order valence-corrected chi connectivity index (χ3v) is 1.63. The first-order valence-corrected chi connectivity index (χ1v) is 3.49. The number of hydrogen-bond acceptors (Lipinski definition) is 3. The van der Waals surface area contributed by atoms with Crippen molar-refractivity contribution in [1.29, 1.82) is 0 Å². The van der Waals surface area contributed by atoms with Gasteiger partial charge in [-0.05, 0) is 19.9 Å². The second kappa shape index (κ2) is 2.66. The molecular weight excluding hydrogens is 144 g/mol. The molecule has 0 spiro atoms. The molecule has 1 unspecified atom stereocenters. The van der Waals surface area contributed by atoms with E-state index in [-0.39, 0.29) is 11.6 Å². The van der Waals surface area contributed by atoms with E-state index in [9.17, 15) is 4.79 Å². The van der Waals surface area contributed by atoms with Crippen molar-refractivity contribution >= 4 is 5.97 Å². The highest BCUT2D eigenvalue weighted by atomic mass is 16.6. The molecule has 0 radical (unpaired) electrons. The Hall–Kier alpha value is -0.830. The molecule has 0 saturated carbocycles. The van der Waals surface area contributed by atoms with Gasteiger partial charge in [0.25, 0.3) is 0 Å². The smallest absolute Gasteiger partial charge is 0.333 e. The van der Waals surface area contributed by atoms with Gasteiger partial charge < -0.3 is 9.47 Å². The normalized spacial score (nSPS) is 29.9. The highest BCUT2D eigenvalue weighted by Gasteiger charge is 2.37. The molecule has 1 atom stereocenters. The molecule has 1 rings (SSSR count). The van der Waals surface area contributed by atoms with Crippen molar-refractivity contribution in [3.8, 4) is 0 Å². The van der Waals surface area contributed by atoms with Gasteiger partial charge in [-0.25, -0.2) is 4.79 Å². The molecular formula is C8H12O3. The molecule has 0 aliphatic carbocycles. The van der Waals surface area contributed by atoms with Gasteiger partial charge >= 0.3 is 5.97 Å². The Morgan fingerprint density at radius 2 is 2.27 bits per heavy atom. The zero-order chi connectivity index (χ0) is 8.48. The summed E-state index contributed by atoms with van der Waals surface area (Å²) in [6.07, 6.45) is 1.79. The second-order valence-electron chi connectivity index (χ2n) is 2.92. The molecule has 1 aliphatic heterocycles. The molecule has 11 heavy (non-hydrogen) atoms. The van der Waals surface area contributed by atoms with Crippen LogP contribution < -0.4 is 0 Å². The number of rotatable bonds is 2. The summed E-state index contributed by atoms with van der Waals surface area (Å²) in [5, 5.41) is 0. The van der Waals surface area contributed by atoms with Crippen LogP contribution in [-0.4, -0.2) is 25.3 Å². The third-order valence-electron chi connectivity index (χ3n) is 1.63. The lowest BCUT2D eigenvalue weighted by atomic mass is 10.1. The van der Waals surface area contributed by atoms with Crippen molar-refractivity contribution in [3.63, 3.8) is 0 Å². The summed E-state index contributed by atoms with van der Waals surface area (Å²) in [7, 11) is 1.37. The highest BCUT2D eigenvalue weighted by molar-refractivity contribution is 5.87. The van der Waals surface area contributed by atoms with Crippen molar-refractivity contribution in [1.82, 2.24) is 0 Å². The van der Waals surface area contributed by atoms with Crippen LogP contribution in [0.5, 0.6) is 0 Å². The summed E-state index contributed by atoms with van der Waals surface area (Å²) in [6.45, 7) is 4.35. The van der Waals surface area contributed by atoms with E-state index in [1.165, 1.54) is 7.11 Å². The van der Waals surface area contributed by atoms with Gasteiger partial charge in [0.2, 0.25) is 0 Å². The molecule has 1 fully saturated rings. The average molecular weight is 156 g/mol. The zero-order valence-corrected chi connectivity index (χ0v) is 7.01. The minimum absolute atomic E-state index is 0.210. The lowest BCUT2D eigenvalue weighted by molar-refractivity contribution is -0.136. The van der Waals surface area contributed by atoms with E-state index in [1.54, 1.807) is 13.0 Å². The van der Waals surface area contributed by atoms with Gasteiger partial charge in [0.05, 0.1) is 13.7 Å². The average Bonchev–Trinajstić information content (AvgIpc) is 2.66. The van der Waals surface area contributed by atoms with Crippen LogP contribution in [0.15, 0.2) is 11.6 Å². The molecule has 62 valence electrons. The Kier molecular flexibility index (Phi) is 2.00. The fraction of sp³-hybridized carbons (Fsp3) is 0.625. The number of carbonyl (C=O) groups is 1. The van der Waals surface area contributed by atoms with Crippen LogP contribution >= 0.6 is 0 Å². The first kappa shape index (κ1) is 8.27. The second-order valence-corrected chi connectivity index (χ2v) is 2.92. The van der Waals surface area contributed by atoms with Crippen molar-refractivity contribution in [2.75, 3.05) is 13.7 Å². The van der Waals surface area contributed by atoms with Crippen LogP contribution in [0.3, 0.4) is 0 Å². The zero-order valence-electron chi connectivity index (χ0n) is 7.01. The molecule has 0 aromatic rings. The quantitative estimate of drug-likeness (QED) is 0.338. The number of esters is 1. The van der Waals surface area contributed by atoms with Crippen LogP contribution in [-0.2, 0) is 14.3 Å². The number of epoxide rings is 1. The molecule has 3 nitrogen and oxygen atoms in total. The minimum atomic E-state index is -0.290. The molecule has 0 amide bonds. The molecule has 0 bridgehead atoms. The molecule has 1 saturated heterocycles. The van der Waals surface area contributed by atoms with E-state index in [4.69, 9.17) is 4.74 Å². The predicted molar refractivity (Wildman–Crippen MR) is 40.1 cm³/mol. The maximum atomic E-state index is 10.9. The third kappa shape index (κ3) is 2.05. The van der Waals surface area contributed by atoms with E-state index >= 15 is 0 Å². The number of ether oxygens (including phenoxy) is 2. The predicted octanol–water partition coefficient (Wildman–Crippen LogP) is 0.895. The van der Waals surface area contributed by atoms with Crippen molar-refractivity contribution in [2.24, 2.45) is 0 Å². The SMILES string of the molecule is COC(=O)C(C)=CC1(C)CO1. The fourth-order valence-corrected chi connectivity index (χ4v) is 0.875. The summed E-state index contributed by atoms with van der Waals surface area (Å²) >= 11 is 0. The van der Waals surface area contributed by atoms with Crippen molar-refractivity contribution < 1.29 is 14.3 Å². The van der Waals surface area contributed by atoms with Crippen molar-refractivity contribution in [2.45, 2.75) is 19.4 Å². The van der Waals surface area contributed by atoms with E-state index in [0.29, 0.717) is 12.2 Å². The fourth-order valence-electron chi connectivity index (χ4n) is 0.875. The molecule has 0 aromatic carbocycles. The first-order chi connectivity index (χ1) is 5.07. The van der Waals surface area contributed by atoms with E-state index in [1.807, 2.05) is 6.92 Å². The summed E-state index contributed by atoms with van der Waals surface area (Å²) in [6, 6.07) is 0. The Morgan fingerprint density at radius 3 is 2.64 bits per heavy atom. The van der Waals surface area contributed by atoms with Gasteiger partial charge in [-0.1, -0.05) is 0 Å². The number of methoxy groups -OCH3 is 1. The van der Waals surface area contributed by atoms with Crippen LogP contribution in [0, 0.1) is 0 Å². The van der Waals surface area contributed by atoms with Gasteiger partial charge in [0.15, 0.2) is 0 Å². The maximum absolute atomic E-state index is 10.9. The standard InChI is InChI=1S/C8H12O3/c1-6(7(9)10-3)4-8(2)5-11-8/h4H,5H2,1-3H3. The Labute approximate surface area is 66.0 Å². The topological polar surface area (TPSA) is 38.8 Å². The van der Waals surface area contributed by atoms with Gasteiger partial charge in [0.1, 0.15) is 5.60 Å². The molecule has 0 N–H and O–H groups in total. The summed E-state index contributed by atoms with van der Waals surface area (Å²) < 4.78 is 9.60. The highest BCUT2D eigenvalue weighted by Crippen LogP contribution is 2.28. The Morgan fingerprint density at radius 1 is 1.73 bits per heavy atom. The molecule has 0 aromatic heterocycles. The van der Waals surface area contributed by atoms with Gasteiger partial charge in [-0.2, -0.15) is 0 Å². The Bertz CT molecular complexity index is 201. The maximum Gasteiger partial charge on any atom is 0.333 e. The van der Waals surface area contributed by atoms with Crippen LogP contribution in [0.1, 0.15) is 13.8 Å². The van der Waals surface area contributed by atoms with E-state index in [0.717, 1.165) is 0 Å². The van der Waals surface area contributed by atoms with E-state index < -0.39 is 0 Å². The minimum Gasteiger partial charge on any atom is -0.466 e. The molecule has 1 heterocycles. The van der Waals surface area contributed by atoms with Crippen molar-refractivity contribution in [3.05, 3.63) is 11.6 Å².